The summed E-state index contributed by atoms with van der Waals surface area (Å²) in [6, 6.07) is 20.0. The first kappa shape index (κ1) is 13.8. The third-order valence-electron chi connectivity index (χ3n) is 3.40. The zero-order valence-electron chi connectivity index (χ0n) is 11.8. The molecule has 0 N–H and O–H groups in total. The molecule has 0 bridgehead atoms. The van der Waals surface area contributed by atoms with Crippen LogP contribution >= 0.6 is 11.6 Å². The monoisotopic (exact) mass is 294 g/mol. The van der Waals surface area contributed by atoms with E-state index in [0.717, 1.165) is 23.2 Å². The Balaban J connectivity index is 2.14. The maximum absolute atomic E-state index is 6.19. The van der Waals surface area contributed by atoms with E-state index in [-0.39, 0.29) is 0 Å². The molecule has 0 fully saturated rings. The molecule has 3 aromatic rings. The van der Waals surface area contributed by atoms with Gasteiger partial charge in [0.2, 0.25) is 0 Å². The summed E-state index contributed by atoms with van der Waals surface area (Å²) in [4.78, 5) is 9.08. The van der Waals surface area contributed by atoms with Crippen molar-refractivity contribution in [1.29, 1.82) is 0 Å². The van der Waals surface area contributed by atoms with E-state index in [9.17, 15) is 0 Å². The molecule has 0 amide bonds. The highest BCUT2D eigenvalue weighted by atomic mass is 35.5. The maximum atomic E-state index is 6.19. The fourth-order valence-electron chi connectivity index (χ4n) is 2.34. The van der Waals surface area contributed by atoms with Crippen molar-refractivity contribution < 1.29 is 0 Å². The molecule has 1 heterocycles. The molecule has 1 aromatic heterocycles. The van der Waals surface area contributed by atoms with Crippen LogP contribution in [-0.4, -0.2) is 9.97 Å². The summed E-state index contributed by atoms with van der Waals surface area (Å²) >= 11 is 6.19. The first-order valence-electron chi connectivity index (χ1n) is 6.96. The van der Waals surface area contributed by atoms with Crippen LogP contribution in [-0.2, 0) is 6.42 Å². The SMILES string of the molecule is CCc1ccccc1-c1nc(Cl)cc(-c2ccccc2)n1. The molecular formula is C18H15ClN2. The molecule has 21 heavy (non-hydrogen) atoms. The second-order valence-electron chi connectivity index (χ2n) is 4.78. The number of hydrogen-bond donors (Lipinski definition) is 0. The molecule has 0 radical (unpaired) electrons. The Morgan fingerprint density at radius 3 is 2.38 bits per heavy atom. The Labute approximate surface area is 129 Å². The summed E-state index contributed by atoms with van der Waals surface area (Å²) in [5.41, 5.74) is 4.15. The lowest BCUT2D eigenvalue weighted by molar-refractivity contribution is 1.11. The average molecular weight is 295 g/mol. The highest BCUT2D eigenvalue weighted by Gasteiger charge is 2.10. The van der Waals surface area contributed by atoms with Gasteiger partial charge >= 0.3 is 0 Å². The van der Waals surface area contributed by atoms with E-state index < -0.39 is 0 Å². The molecule has 0 saturated heterocycles. The van der Waals surface area contributed by atoms with E-state index in [1.165, 1.54) is 5.56 Å². The van der Waals surface area contributed by atoms with Crippen LogP contribution in [0.25, 0.3) is 22.6 Å². The van der Waals surface area contributed by atoms with Gasteiger partial charge in [-0.05, 0) is 12.0 Å². The second kappa shape index (κ2) is 6.06. The molecule has 0 unspecified atom stereocenters. The number of aromatic nitrogens is 2. The Kier molecular flexibility index (Phi) is 3.98. The van der Waals surface area contributed by atoms with E-state index in [1.54, 1.807) is 6.07 Å². The average Bonchev–Trinajstić information content (AvgIpc) is 2.55. The normalized spacial score (nSPS) is 10.6. The van der Waals surface area contributed by atoms with Crippen LogP contribution in [0.4, 0.5) is 0 Å². The number of rotatable bonds is 3. The minimum Gasteiger partial charge on any atom is -0.228 e. The zero-order chi connectivity index (χ0) is 14.7. The molecule has 2 aromatic carbocycles. The Bertz CT molecular complexity index is 754. The highest BCUT2D eigenvalue weighted by molar-refractivity contribution is 6.29. The predicted octanol–water partition coefficient (Wildman–Crippen LogP) is 5.03. The van der Waals surface area contributed by atoms with Crippen molar-refractivity contribution in [2.75, 3.05) is 0 Å². The van der Waals surface area contributed by atoms with E-state index >= 15 is 0 Å². The molecular weight excluding hydrogens is 280 g/mol. The molecule has 0 atom stereocenters. The minimum absolute atomic E-state index is 0.463. The van der Waals surface area contributed by atoms with Gasteiger partial charge in [0.05, 0.1) is 5.69 Å². The number of benzene rings is 2. The third-order valence-corrected chi connectivity index (χ3v) is 3.60. The van der Waals surface area contributed by atoms with Gasteiger partial charge in [-0.2, -0.15) is 0 Å². The Morgan fingerprint density at radius 1 is 0.905 bits per heavy atom. The Morgan fingerprint density at radius 2 is 1.62 bits per heavy atom. The van der Waals surface area contributed by atoms with Crippen LogP contribution in [0.1, 0.15) is 12.5 Å². The number of nitrogens with zero attached hydrogens (tertiary/aromatic N) is 2. The predicted molar refractivity (Wildman–Crippen MR) is 87.3 cm³/mol. The van der Waals surface area contributed by atoms with Crippen LogP contribution in [0.15, 0.2) is 60.7 Å². The molecule has 0 saturated carbocycles. The highest BCUT2D eigenvalue weighted by Crippen LogP contribution is 2.26. The summed E-state index contributed by atoms with van der Waals surface area (Å²) in [7, 11) is 0. The van der Waals surface area contributed by atoms with Crippen LogP contribution in [0.2, 0.25) is 5.15 Å². The van der Waals surface area contributed by atoms with Crippen molar-refractivity contribution >= 4 is 11.6 Å². The first-order valence-corrected chi connectivity index (χ1v) is 7.34. The van der Waals surface area contributed by atoms with Gasteiger partial charge in [-0.1, -0.05) is 73.1 Å². The van der Waals surface area contributed by atoms with E-state index in [0.29, 0.717) is 11.0 Å². The van der Waals surface area contributed by atoms with Crippen LogP contribution in [0.3, 0.4) is 0 Å². The Hall–Kier alpha value is -2.19. The van der Waals surface area contributed by atoms with Crippen molar-refractivity contribution in [2.24, 2.45) is 0 Å². The van der Waals surface area contributed by atoms with Crippen LogP contribution in [0.5, 0.6) is 0 Å². The molecule has 104 valence electrons. The van der Waals surface area contributed by atoms with E-state index in [2.05, 4.69) is 23.0 Å². The van der Waals surface area contributed by atoms with Gasteiger partial charge in [0.25, 0.3) is 0 Å². The summed E-state index contributed by atoms with van der Waals surface area (Å²) < 4.78 is 0. The van der Waals surface area contributed by atoms with Gasteiger partial charge in [0.15, 0.2) is 5.82 Å². The van der Waals surface area contributed by atoms with Gasteiger partial charge in [0.1, 0.15) is 5.15 Å². The molecule has 3 heteroatoms. The third kappa shape index (κ3) is 2.96. The second-order valence-corrected chi connectivity index (χ2v) is 5.16. The molecule has 0 aliphatic rings. The van der Waals surface area contributed by atoms with Gasteiger partial charge in [-0.3, -0.25) is 0 Å². The first-order chi connectivity index (χ1) is 10.3. The molecule has 2 nitrogen and oxygen atoms in total. The number of aryl methyl sites for hydroxylation is 1. The standard InChI is InChI=1S/C18H15ClN2/c1-2-13-8-6-7-11-15(13)18-20-16(12-17(19)21-18)14-9-4-3-5-10-14/h3-12H,2H2,1H3. The van der Waals surface area contributed by atoms with E-state index in [4.69, 9.17) is 11.6 Å². The van der Waals surface area contributed by atoms with Crippen molar-refractivity contribution in [3.63, 3.8) is 0 Å². The number of hydrogen-bond acceptors (Lipinski definition) is 2. The fourth-order valence-corrected chi connectivity index (χ4v) is 2.53. The van der Waals surface area contributed by atoms with Gasteiger partial charge in [-0.15, -0.1) is 0 Å². The van der Waals surface area contributed by atoms with Crippen molar-refractivity contribution in [1.82, 2.24) is 9.97 Å². The summed E-state index contributed by atoms with van der Waals surface area (Å²) in [5, 5.41) is 0.463. The van der Waals surface area contributed by atoms with Crippen LogP contribution in [0, 0.1) is 0 Å². The molecule has 0 spiro atoms. The summed E-state index contributed by atoms with van der Waals surface area (Å²) in [6.07, 6.45) is 0.937. The fraction of sp³-hybridized carbons (Fsp3) is 0.111. The largest absolute Gasteiger partial charge is 0.228 e. The van der Waals surface area contributed by atoms with Crippen molar-refractivity contribution in [3.05, 3.63) is 71.4 Å². The molecule has 0 aliphatic heterocycles. The topological polar surface area (TPSA) is 25.8 Å². The van der Waals surface area contributed by atoms with E-state index in [1.807, 2.05) is 48.5 Å². The lowest BCUT2D eigenvalue weighted by Crippen LogP contribution is -1.96. The molecule has 3 rings (SSSR count). The van der Waals surface area contributed by atoms with Crippen LogP contribution < -0.4 is 0 Å². The maximum Gasteiger partial charge on any atom is 0.161 e. The number of halogens is 1. The van der Waals surface area contributed by atoms with Gasteiger partial charge < -0.3 is 0 Å². The van der Waals surface area contributed by atoms with Crippen molar-refractivity contribution in [2.45, 2.75) is 13.3 Å². The summed E-state index contributed by atoms with van der Waals surface area (Å²) in [5.74, 6) is 0.679. The lowest BCUT2D eigenvalue weighted by Gasteiger charge is -2.09. The minimum atomic E-state index is 0.463. The van der Waals surface area contributed by atoms with Crippen molar-refractivity contribution in [3.8, 4) is 22.6 Å². The lowest BCUT2D eigenvalue weighted by atomic mass is 10.0. The zero-order valence-corrected chi connectivity index (χ0v) is 12.5. The smallest absolute Gasteiger partial charge is 0.161 e. The van der Waals surface area contributed by atoms with Gasteiger partial charge in [0, 0.05) is 17.2 Å². The molecule has 0 aliphatic carbocycles. The quantitative estimate of drug-likeness (QED) is 0.633. The van der Waals surface area contributed by atoms with Gasteiger partial charge in [-0.25, -0.2) is 9.97 Å². The summed E-state index contributed by atoms with van der Waals surface area (Å²) in [6.45, 7) is 2.13.